The third-order valence-corrected chi connectivity index (χ3v) is 5.72. The SMILES string of the molecule is CC[C@H]1O[C@@H](c2ccc(Cl)c(Cc3cnc(SC)nc3)c2)[C@H](O)[C@@H](O)[C@@H]1O. The molecule has 27 heavy (non-hydrogen) atoms. The average molecular weight is 411 g/mol. The Morgan fingerprint density at radius 3 is 2.44 bits per heavy atom. The number of ether oxygens (including phenoxy) is 1. The molecule has 3 N–H and O–H groups in total. The number of nitrogens with zero attached hydrogens (tertiary/aromatic N) is 2. The lowest BCUT2D eigenvalue weighted by atomic mass is 9.89. The van der Waals surface area contributed by atoms with E-state index in [1.807, 2.05) is 19.2 Å². The second kappa shape index (κ2) is 8.86. The Balaban J connectivity index is 1.85. The highest BCUT2D eigenvalue weighted by atomic mass is 35.5. The molecule has 1 saturated heterocycles. The van der Waals surface area contributed by atoms with Crippen molar-refractivity contribution in [1.82, 2.24) is 9.97 Å². The Morgan fingerprint density at radius 2 is 1.81 bits per heavy atom. The number of rotatable bonds is 5. The van der Waals surface area contributed by atoms with Crippen LogP contribution in [0.3, 0.4) is 0 Å². The molecule has 3 rings (SSSR count). The van der Waals surface area contributed by atoms with Crippen molar-refractivity contribution < 1.29 is 20.1 Å². The van der Waals surface area contributed by atoms with Gasteiger partial charge >= 0.3 is 0 Å². The predicted octanol–water partition coefficient (Wildman–Crippen LogP) is 2.38. The van der Waals surface area contributed by atoms with Crippen LogP contribution < -0.4 is 0 Å². The Kier molecular flexibility index (Phi) is 6.73. The van der Waals surface area contributed by atoms with Crippen LogP contribution in [0.15, 0.2) is 35.7 Å². The average Bonchev–Trinajstić information content (AvgIpc) is 2.69. The van der Waals surface area contributed by atoms with Crippen molar-refractivity contribution in [3.63, 3.8) is 0 Å². The molecule has 1 aliphatic rings. The van der Waals surface area contributed by atoms with Crippen LogP contribution in [-0.4, -0.2) is 56.0 Å². The van der Waals surface area contributed by atoms with E-state index in [9.17, 15) is 15.3 Å². The normalized spacial score (nSPS) is 28.3. The molecule has 5 atom stereocenters. The minimum atomic E-state index is -1.26. The van der Waals surface area contributed by atoms with Gasteiger partial charge in [0.2, 0.25) is 0 Å². The van der Waals surface area contributed by atoms with Gasteiger partial charge in [-0.25, -0.2) is 9.97 Å². The minimum Gasteiger partial charge on any atom is -0.388 e. The summed E-state index contributed by atoms with van der Waals surface area (Å²) in [7, 11) is 0. The summed E-state index contributed by atoms with van der Waals surface area (Å²) in [5.74, 6) is 0. The van der Waals surface area contributed by atoms with E-state index in [4.69, 9.17) is 16.3 Å². The van der Waals surface area contributed by atoms with Gasteiger partial charge in [0.1, 0.15) is 24.4 Å². The maximum Gasteiger partial charge on any atom is 0.187 e. The summed E-state index contributed by atoms with van der Waals surface area (Å²) in [6.45, 7) is 1.86. The molecular weight excluding hydrogens is 388 g/mol. The highest BCUT2D eigenvalue weighted by Crippen LogP contribution is 2.35. The molecule has 0 aliphatic carbocycles. The fourth-order valence-corrected chi connectivity index (χ4v) is 3.73. The number of halogens is 1. The molecule has 6 nitrogen and oxygen atoms in total. The molecule has 0 saturated carbocycles. The first-order chi connectivity index (χ1) is 12.9. The molecule has 0 unspecified atom stereocenters. The molecular formula is C19H23ClN2O4S. The number of aromatic nitrogens is 2. The summed E-state index contributed by atoms with van der Waals surface area (Å²) < 4.78 is 5.86. The number of thioether (sulfide) groups is 1. The number of hydrogen-bond acceptors (Lipinski definition) is 7. The molecule has 1 aromatic carbocycles. The molecule has 0 amide bonds. The van der Waals surface area contributed by atoms with E-state index in [1.165, 1.54) is 11.8 Å². The van der Waals surface area contributed by atoms with Gasteiger partial charge in [-0.3, -0.25) is 0 Å². The second-order valence-corrected chi connectivity index (χ2v) is 7.76. The first kappa shape index (κ1) is 20.5. The molecule has 1 fully saturated rings. The molecule has 0 bridgehead atoms. The highest BCUT2D eigenvalue weighted by Gasteiger charge is 2.43. The van der Waals surface area contributed by atoms with Crippen LogP contribution in [0.4, 0.5) is 0 Å². The van der Waals surface area contributed by atoms with Crippen molar-refractivity contribution in [2.75, 3.05) is 6.26 Å². The van der Waals surface area contributed by atoms with E-state index in [2.05, 4.69) is 9.97 Å². The fourth-order valence-electron chi connectivity index (χ4n) is 3.23. The van der Waals surface area contributed by atoms with Crippen LogP contribution in [0.25, 0.3) is 0 Å². The van der Waals surface area contributed by atoms with Crippen molar-refractivity contribution in [2.24, 2.45) is 0 Å². The topological polar surface area (TPSA) is 95.7 Å². The smallest absolute Gasteiger partial charge is 0.187 e. The third-order valence-electron chi connectivity index (χ3n) is 4.77. The van der Waals surface area contributed by atoms with Crippen LogP contribution in [0.5, 0.6) is 0 Å². The quantitative estimate of drug-likeness (QED) is 0.514. The summed E-state index contributed by atoms with van der Waals surface area (Å²) in [4.78, 5) is 8.54. The van der Waals surface area contributed by atoms with Gasteiger partial charge in [0, 0.05) is 23.8 Å². The summed E-state index contributed by atoms with van der Waals surface area (Å²) in [6.07, 6.45) is 1.64. The van der Waals surface area contributed by atoms with Crippen LogP contribution in [0, 0.1) is 0 Å². The number of aliphatic hydroxyl groups is 3. The van der Waals surface area contributed by atoms with E-state index in [-0.39, 0.29) is 0 Å². The third kappa shape index (κ3) is 4.45. The monoisotopic (exact) mass is 410 g/mol. The zero-order valence-electron chi connectivity index (χ0n) is 15.1. The van der Waals surface area contributed by atoms with Crippen molar-refractivity contribution in [2.45, 2.75) is 55.4 Å². The van der Waals surface area contributed by atoms with Crippen LogP contribution in [0.2, 0.25) is 5.02 Å². The van der Waals surface area contributed by atoms with E-state index < -0.39 is 30.5 Å². The zero-order valence-corrected chi connectivity index (χ0v) is 16.7. The Labute approximate surface area is 167 Å². The maximum atomic E-state index is 10.4. The van der Waals surface area contributed by atoms with Gasteiger partial charge in [0.15, 0.2) is 5.16 Å². The molecule has 0 radical (unpaired) electrons. The highest BCUT2D eigenvalue weighted by molar-refractivity contribution is 7.98. The van der Waals surface area contributed by atoms with E-state index >= 15 is 0 Å². The summed E-state index contributed by atoms with van der Waals surface area (Å²) in [6, 6.07) is 5.37. The van der Waals surface area contributed by atoms with Crippen LogP contribution >= 0.6 is 23.4 Å². The Morgan fingerprint density at radius 1 is 1.11 bits per heavy atom. The summed E-state index contributed by atoms with van der Waals surface area (Å²) >= 11 is 7.82. The number of hydrogen-bond donors (Lipinski definition) is 3. The molecule has 8 heteroatoms. The fraction of sp³-hybridized carbons (Fsp3) is 0.474. The standard InChI is InChI=1S/C19H23ClN2O4S/c1-3-14-15(23)16(24)17(25)18(26-14)11-4-5-13(20)12(7-11)6-10-8-21-19(27-2)22-9-10/h4-5,7-9,14-18,23-25H,3,6H2,1-2H3/t14-,15-,16+,17-,18+/m1/s1. The number of aliphatic hydroxyl groups excluding tert-OH is 3. The Bertz CT molecular complexity index is 775. The molecule has 1 aromatic heterocycles. The number of benzene rings is 1. The van der Waals surface area contributed by atoms with E-state index in [1.54, 1.807) is 24.5 Å². The lowest BCUT2D eigenvalue weighted by Gasteiger charge is -2.40. The van der Waals surface area contributed by atoms with Gasteiger partial charge in [-0.1, -0.05) is 42.4 Å². The first-order valence-corrected chi connectivity index (χ1v) is 10.4. The van der Waals surface area contributed by atoms with Gasteiger partial charge < -0.3 is 20.1 Å². The van der Waals surface area contributed by atoms with E-state index in [0.717, 1.165) is 11.1 Å². The lowest BCUT2D eigenvalue weighted by Crippen LogP contribution is -2.53. The first-order valence-electron chi connectivity index (χ1n) is 8.77. The van der Waals surface area contributed by atoms with Crippen molar-refractivity contribution in [1.29, 1.82) is 0 Å². The molecule has 2 heterocycles. The molecule has 146 valence electrons. The van der Waals surface area contributed by atoms with Crippen LogP contribution in [0.1, 0.15) is 36.1 Å². The van der Waals surface area contributed by atoms with Gasteiger partial charge in [-0.15, -0.1) is 0 Å². The predicted molar refractivity (Wildman–Crippen MR) is 104 cm³/mol. The van der Waals surface area contributed by atoms with Crippen LogP contribution in [-0.2, 0) is 11.2 Å². The largest absolute Gasteiger partial charge is 0.388 e. The van der Waals surface area contributed by atoms with Crippen molar-refractivity contribution in [3.8, 4) is 0 Å². The van der Waals surface area contributed by atoms with E-state index in [0.29, 0.717) is 28.6 Å². The molecule has 0 spiro atoms. The van der Waals surface area contributed by atoms with Gasteiger partial charge in [-0.2, -0.15) is 0 Å². The molecule has 2 aromatic rings. The van der Waals surface area contributed by atoms with Gasteiger partial charge in [-0.05, 0) is 35.4 Å². The van der Waals surface area contributed by atoms with Gasteiger partial charge in [0.25, 0.3) is 0 Å². The lowest BCUT2D eigenvalue weighted by molar-refractivity contribution is -0.225. The summed E-state index contributed by atoms with van der Waals surface area (Å²) in [5.41, 5.74) is 2.46. The van der Waals surface area contributed by atoms with Crippen molar-refractivity contribution >= 4 is 23.4 Å². The second-order valence-electron chi connectivity index (χ2n) is 6.58. The molecule has 1 aliphatic heterocycles. The summed E-state index contributed by atoms with van der Waals surface area (Å²) in [5, 5.41) is 31.9. The Hall–Kier alpha value is -1.22. The zero-order chi connectivity index (χ0) is 19.6. The van der Waals surface area contributed by atoms with Crippen molar-refractivity contribution in [3.05, 3.63) is 52.3 Å². The maximum absolute atomic E-state index is 10.4. The minimum absolute atomic E-state index is 0.529. The van der Waals surface area contributed by atoms with Gasteiger partial charge in [0.05, 0.1) is 6.10 Å².